The van der Waals surface area contributed by atoms with Crippen LogP contribution >= 0.6 is 0 Å². The highest BCUT2D eigenvalue weighted by Crippen LogP contribution is 2.36. The van der Waals surface area contributed by atoms with E-state index in [9.17, 15) is 14.7 Å². The van der Waals surface area contributed by atoms with E-state index < -0.39 is 12.0 Å². The summed E-state index contributed by atoms with van der Waals surface area (Å²) in [5.41, 5.74) is 0. The van der Waals surface area contributed by atoms with E-state index in [1.54, 1.807) is 0 Å². The van der Waals surface area contributed by atoms with Crippen LogP contribution in [0.25, 0.3) is 0 Å². The number of hydrogen-bond acceptors (Lipinski definition) is 2. The summed E-state index contributed by atoms with van der Waals surface area (Å²) in [5.74, 6) is 0.762. The van der Waals surface area contributed by atoms with Crippen molar-refractivity contribution in [2.24, 2.45) is 17.8 Å². The Balaban J connectivity index is 1.88. The highest BCUT2D eigenvalue weighted by molar-refractivity contribution is 5.82. The molecular formula is C13H22N2O3. The number of carboxylic acid groups (broad SMARTS) is 1. The highest BCUT2D eigenvalue weighted by atomic mass is 16.4. The Kier molecular flexibility index (Phi) is 3.78. The van der Waals surface area contributed by atoms with E-state index in [-0.39, 0.29) is 6.03 Å². The van der Waals surface area contributed by atoms with Gasteiger partial charge in [-0.1, -0.05) is 13.8 Å². The third-order valence-electron chi connectivity index (χ3n) is 4.20. The minimum Gasteiger partial charge on any atom is -0.480 e. The Labute approximate surface area is 108 Å². The maximum absolute atomic E-state index is 12.0. The summed E-state index contributed by atoms with van der Waals surface area (Å²) in [7, 11) is 0. The smallest absolute Gasteiger partial charge is 0.326 e. The van der Waals surface area contributed by atoms with Crippen molar-refractivity contribution in [3.63, 3.8) is 0 Å². The van der Waals surface area contributed by atoms with Crippen molar-refractivity contribution in [3.05, 3.63) is 0 Å². The molecule has 1 aliphatic carbocycles. The molecule has 1 saturated carbocycles. The number of aliphatic carboxylic acids is 1. The summed E-state index contributed by atoms with van der Waals surface area (Å²) in [6, 6.07) is -0.876. The molecule has 5 nitrogen and oxygen atoms in total. The van der Waals surface area contributed by atoms with E-state index in [1.807, 2.05) is 6.92 Å². The molecule has 0 aromatic rings. The van der Waals surface area contributed by atoms with Gasteiger partial charge in [0.25, 0.3) is 0 Å². The molecule has 2 N–H and O–H groups in total. The molecule has 0 aromatic heterocycles. The second kappa shape index (κ2) is 5.16. The molecule has 102 valence electrons. The van der Waals surface area contributed by atoms with Crippen molar-refractivity contribution in [1.82, 2.24) is 10.2 Å². The molecule has 1 saturated heterocycles. The largest absolute Gasteiger partial charge is 0.480 e. The minimum atomic E-state index is -0.892. The van der Waals surface area contributed by atoms with Crippen LogP contribution in [0.4, 0.5) is 4.79 Å². The molecule has 0 bridgehead atoms. The SMILES string of the molecule is CC1CCN(C(=O)NCC2CC2C)C(C(=O)O)C1. The lowest BCUT2D eigenvalue weighted by molar-refractivity contribution is -0.143. The number of carboxylic acids is 1. The Morgan fingerprint density at radius 1 is 1.33 bits per heavy atom. The first-order chi connectivity index (χ1) is 8.49. The molecule has 2 aliphatic rings. The van der Waals surface area contributed by atoms with Gasteiger partial charge in [0, 0.05) is 13.1 Å². The Hall–Kier alpha value is -1.26. The van der Waals surface area contributed by atoms with Crippen molar-refractivity contribution in [2.75, 3.05) is 13.1 Å². The molecule has 0 radical (unpaired) electrons. The lowest BCUT2D eigenvalue weighted by Crippen LogP contribution is -2.53. The van der Waals surface area contributed by atoms with Crippen LogP contribution in [0.1, 0.15) is 33.1 Å². The van der Waals surface area contributed by atoms with Gasteiger partial charge in [0.2, 0.25) is 0 Å². The van der Waals surface area contributed by atoms with E-state index >= 15 is 0 Å². The number of carbonyl (C=O) groups excluding carboxylic acids is 1. The third-order valence-corrected chi connectivity index (χ3v) is 4.20. The summed E-state index contributed by atoms with van der Waals surface area (Å²) in [4.78, 5) is 24.7. The van der Waals surface area contributed by atoms with Crippen LogP contribution in [-0.4, -0.2) is 41.1 Å². The Morgan fingerprint density at radius 3 is 2.56 bits per heavy atom. The van der Waals surface area contributed by atoms with Crippen LogP contribution in [-0.2, 0) is 4.79 Å². The zero-order valence-electron chi connectivity index (χ0n) is 11.1. The van der Waals surface area contributed by atoms with Gasteiger partial charge in [-0.15, -0.1) is 0 Å². The number of nitrogens with zero attached hydrogens (tertiary/aromatic N) is 1. The van der Waals surface area contributed by atoms with Gasteiger partial charge in [0.15, 0.2) is 0 Å². The summed E-state index contributed by atoms with van der Waals surface area (Å²) in [6.45, 7) is 5.43. The number of carbonyl (C=O) groups is 2. The van der Waals surface area contributed by atoms with Crippen LogP contribution in [0, 0.1) is 17.8 Å². The maximum Gasteiger partial charge on any atom is 0.326 e. The van der Waals surface area contributed by atoms with Gasteiger partial charge in [0.1, 0.15) is 6.04 Å². The summed E-state index contributed by atoms with van der Waals surface area (Å²) >= 11 is 0. The van der Waals surface area contributed by atoms with E-state index in [1.165, 1.54) is 11.3 Å². The molecule has 1 aliphatic heterocycles. The molecule has 2 amide bonds. The van der Waals surface area contributed by atoms with Gasteiger partial charge in [-0.25, -0.2) is 9.59 Å². The summed E-state index contributed by atoms with van der Waals surface area (Å²) in [5, 5.41) is 12.1. The second-order valence-corrected chi connectivity index (χ2v) is 5.84. The highest BCUT2D eigenvalue weighted by Gasteiger charge is 2.36. The van der Waals surface area contributed by atoms with Gasteiger partial charge in [-0.05, 0) is 37.0 Å². The zero-order chi connectivity index (χ0) is 13.3. The van der Waals surface area contributed by atoms with Gasteiger partial charge in [-0.3, -0.25) is 0 Å². The first kappa shape index (κ1) is 13.2. The first-order valence-electron chi connectivity index (χ1n) is 6.76. The zero-order valence-corrected chi connectivity index (χ0v) is 11.1. The number of nitrogens with one attached hydrogen (secondary N) is 1. The fraction of sp³-hybridized carbons (Fsp3) is 0.846. The summed E-state index contributed by atoms with van der Waals surface area (Å²) < 4.78 is 0. The Bertz CT molecular complexity index is 345. The quantitative estimate of drug-likeness (QED) is 0.802. The standard InChI is InChI=1S/C13H22N2O3/c1-8-3-4-15(11(5-8)12(16)17)13(18)14-7-10-6-9(10)2/h8-11H,3-7H2,1-2H3,(H,14,18)(H,16,17). The van der Waals surface area contributed by atoms with Gasteiger partial charge < -0.3 is 15.3 Å². The molecule has 0 aromatic carbocycles. The monoisotopic (exact) mass is 254 g/mol. The van der Waals surface area contributed by atoms with Crippen molar-refractivity contribution in [1.29, 1.82) is 0 Å². The molecule has 1 heterocycles. The van der Waals surface area contributed by atoms with Crippen LogP contribution in [0.3, 0.4) is 0 Å². The number of rotatable bonds is 3. The number of likely N-dealkylation sites (tertiary alicyclic amines) is 1. The van der Waals surface area contributed by atoms with Crippen molar-refractivity contribution < 1.29 is 14.7 Å². The van der Waals surface area contributed by atoms with E-state index in [4.69, 9.17) is 0 Å². The summed E-state index contributed by atoms with van der Waals surface area (Å²) in [6.07, 6.45) is 2.61. The van der Waals surface area contributed by atoms with Crippen molar-refractivity contribution in [2.45, 2.75) is 39.2 Å². The van der Waals surface area contributed by atoms with E-state index in [2.05, 4.69) is 12.2 Å². The fourth-order valence-electron chi connectivity index (χ4n) is 2.62. The molecule has 2 rings (SSSR count). The Morgan fingerprint density at radius 2 is 2.00 bits per heavy atom. The number of hydrogen-bond donors (Lipinski definition) is 2. The molecule has 4 atom stereocenters. The maximum atomic E-state index is 12.0. The average Bonchev–Trinajstić information content (AvgIpc) is 3.02. The number of amides is 2. The molecule has 5 heteroatoms. The average molecular weight is 254 g/mol. The van der Waals surface area contributed by atoms with Gasteiger partial charge in [0.05, 0.1) is 0 Å². The molecule has 18 heavy (non-hydrogen) atoms. The lowest BCUT2D eigenvalue weighted by Gasteiger charge is -2.35. The third kappa shape index (κ3) is 2.94. The van der Waals surface area contributed by atoms with Gasteiger partial charge in [-0.2, -0.15) is 0 Å². The van der Waals surface area contributed by atoms with Crippen LogP contribution < -0.4 is 5.32 Å². The van der Waals surface area contributed by atoms with Gasteiger partial charge >= 0.3 is 12.0 Å². The number of urea groups is 1. The fourth-order valence-corrected chi connectivity index (χ4v) is 2.62. The molecule has 0 spiro atoms. The molecule has 4 unspecified atom stereocenters. The van der Waals surface area contributed by atoms with Crippen molar-refractivity contribution in [3.8, 4) is 0 Å². The number of piperidine rings is 1. The minimum absolute atomic E-state index is 0.214. The molecular weight excluding hydrogens is 232 g/mol. The predicted octanol–water partition coefficient (Wildman–Crippen LogP) is 1.54. The van der Waals surface area contributed by atoms with Crippen LogP contribution in [0.2, 0.25) is 0 Å². The van der Waals surface area contributed by atoms with E-state index in [0.717, 1.165) is 6.42 Å². The van der Waals surface area contributed by atoms with E-state index in [0.29, 0.717) is 37.3 Å². The van der Waals surface area contributed by atoms with Crippen LogP contribution in [0.15, 0.2) is 0 Å². The topological polar surface area (TPSA) is 69.6 Å². The molecule has 2 fully saturated rings. The predicted molar refractivity (Wildman–Crippen MR) is 67.2 cm³/mol. The van der Waals surface area contributed by atoms with Crippen LogP contribution in [0.5, 0.6) is 0 Å². The first-order valence-corrected chi connectivity index (χ1v) is 6.76. The normalized spacial score (nSPS) is 35.1. The lowest BCUT2D eigenvalue weighted by atomic mass is 9.93. The second-order valence-electron chi connectivity index (χ2n) is 5.84. The van der Waals surface area contributed by atoms with Crippen molar-refractivity contribution >= 4 is 12.0 Å².